The molecule has 0 bridgehead atoms. The van der Waals surface area contributed by atoms with Gasteiger partial charge in [-0.05, 0) is 37.5 Å². The zero-order chi connectivity index (χ0) is 11.0. The van der Waals surface area contributed by atoms with Crippen molar-refractivity contribution < 1.29 is 5.11 Å². The Labute approximate surface area is 98.8 Å². The van der Waals surface area contributed by atoms with Gasteiger partial charge in [-0.1, -0.05) is 22.9 Å². The SMILES string of the molecule is CC(NC1CC1C)c1cc(Br)ccc1O. The predicted octanol–water partition coefficient (Wildman–Crippen LogP) is 3.21. The second-order valence-corrected chi connectivity index (χ2v) is 5.33. The van der Waals surface area contributed by atoms with Crippen molar-refractivity contribution in [3.63, 3.8) is 0 Å². The molecular weight excluding hydrogens is 254 g/mol. The van der Waals surface area contributed by atoms with E-state index in [0.717, 1.165) is 16.0 Å². The molecule has 1 aromatic carbocycles. The molecule has 0 radical (unpaired) electrons. The Bertz CT molecular complexity index is 367. The molecule has 1 aromatic rings. The molecule has 15 heavy (non-hydrogen) atoms. The number of benzene rings is 1. The lowest BCUT2D eigenvalue weighted by atomic mass is 10.1. The highest BCUT2D eigenvalue weighted by Gasteiger charge is 2.33. The van der Waals surface area contributed by atoms with Gasteiger partial charge in [-0.25, -0.2) is 0 Å². The molecule has 2 nitrogen and oxygen atoms in total. The molecular formula is C12H16BrNO. The fraction of sp³-hybridized carbons (Fsp3) is 0.500. The van der Waals surface area contributed by atoms with E-state index in [1.807, 2.05) is 12.1 Å². The lowest BCUT2D eigenvalue weighted by Gasteiger charge is -2.15. The third kappa shape index (κ3) is 2.52. The summed E-state index contributed by atoms with van der Waals surface area (Å²) in [6, 6.07) is 6.38. The summed E-state index contributed by atoms with van der Waals surface area (Å²) in [6.07, 6.45) is 1.25. The molecule has 3 atom stereocenters. The molecule has 1 fully saturated rings. The van der Waals surface area contributed by atoms with Gasteiger partial charge >= 0.3 is 0 Å². The van der Waals surface area contributed by atoms with E-state index in [2.05, 4.69) is 35.1 Å². The van der Waals surface area contributed by atoms with Gasteiger partial charge in [-0.3, -0.25) is 0 Å². The van der Waals surface area contributed by atoms with E-state index in [1.54, 1.807) is 6.07 Å². The number of halogens is 1. The zero-order valence-electron chi connectivity index (χ0n) is 9.00. The van der Waals surface area contributed by atoms with Gasteiger partial charge in [0, 0.05) is 22.1 Å². The van der Waals surface area contributed by atoms with Crippen LogP contribution >= 0.6 is 15.9 Å². The predicted molar refractivity (Wildman–Crippen MR) is 64.9 cm³/mol. The van der Waals surface area contributed by atoms with Crippen LogP contribution in [0.5, 0.6) is 5.75 Å². The summed E-state index contributed by atoms with van der Waals surface area (Å²) in [5, 5.41) is 13.3. The van der Waals surface area contributed by atoms with E-state index < -0.39 is 0 Å². The Morgan fingerprint density at radius 1 is 1.53 bits per heavy atom. The first kappa shape index (κ1) is 11.0. The minimum absolute atomic E-state index is 0.206. The molecule has 1 saturated carbocycles. The van der Waals surface area contributed by atoms with Crippen molar-refractivity contribution in [3.8, 4) is 5.75 Å². The maximum atomic E-state index is 9.74. The van der Waals surface area contributed by atoms with Crippen molar-refractivity contribution >= 4 is 15.9 Å². The Hall–Kier alpha value is -0.540. The molecule has 2 rings (SSSR count). The van der Waals surface area contributed by atoms with Crippen molar-refractivity contribution in [2.24, 2.45) is 5.92 Å². The number of phenols is 1. The molecule has 3 heteroatoms. The maximum absolute atomic E-state index is 9.74. The smallest absolute Gasteiger partial charge is 0.120 e. The van der Waals surface area contributed by atoms with Crippen LogP contribution in [-0.4, -0.2) is 11.1 Å². The highest BCUT2D eigenvalue weighted by Crippen LogP contribution is 2.34. The van der Waals surface area contributed by atoms with E-state index in [1.165, 1.54) is 6.42 Å². The molecule has 1 aliphatic rings. The van der Waals surface area contributed by atoms with E-state index in [4.69, 9.17) is 0 Å². The van der Waals surface area contributed by atoms with Crippen molar-refractivity contribution in [2.45, 2.75) is 32.4 Å². The van der Waals surface area contributed by atoms with Gasteiger partial charge in [0.05, 0.1) is 0 Å². The summed E-state index contributed by atoms with van der Waals surface area (Å²) in [5.74, 6) is 1.15. The highest BCUT2D eigenvalue weighted by atomic mass is 79.9. The molecule has 0 spiro atoms. The maximum Gasteiger partial charge on any atom is 0.120 e. The van der Waals surface area contributed by atoms with Gasteiger partial charge in [0.25, 0.3) is 0 Å². The molecule has 0 amide bonds. The van der Waals surface area contributed by atoms with Gasteiger partial charge in [-0.2, -0.15) is 0 Å². The Balaban J connectivity index is 2.10. The fourth-order valence-corrected chi connectivity index (χ4v) is 2.22. The lowest BCUT2D eigenvalue weighted by Crippen LogP contribution is -2.22. The topological polar surface area (TPSA) is 32.3 Å². The second kappa shape index (κ2) is 4.14. The Kier molecular flexibility index (Phi) is 3.03. The fourth-order valence-electron chi connectivity index (χ4n) is 1.84. The highest BCUT2D eigenvalue weighted by molar-refractivity contribution is 9.10. The quantitative estimate of drug-likeness (QED) is 0.883. The summed E-state index contributed by atoms with van der Waals surface area (Å²) in [4.78, 5) is 0. The Morgan fingerprint density at radius 3 is 2.80 bits per heavy atom. The number of nitrogens with one attached hydrogen (secondary N) is 1. The molecule has 0 aromatic heterocycles. The average molecular weight is 270 g/mol. The van der Waals surface area contributed by atoms with Gasteiger partial charge < -0.3 is 10.4 Å². The number of rotatable bonds is 3. The van der Waals surface area contributed by atoms with Gasteiger partial charge in [0.2, 0.25) is 0 Å². The lowest BCUT2D eigenvalue weighted by molar-refractivity contribution is 0.450. The Morgan fingerprint density at radius 2 is 2.20 bits per heavy atom. The van der Waals surface area contributed by atoms with E-state index >= 15 is 0 Å². The summed E-state index contributed by atoms with van der Waals surface area (Å²) in [5.41, 5.74) is 0.962. The van der Waals surface area contributed by atoms with Crippen LogP contribution in [0, 0.1) is 5.92 Å². The van der Waals surface area contributed by atoms with E-state index in [0.29, 0.717) is 11.8 Å². The molecule has 0 saturated heterocycles. The van der Waals surface area contributed by atoms with Crippen LogP contribution in [0.3, 0.4) is 0 Å². The minimum atomic E-state index is 0.206. The largest absolute Gasteiger partial charge is 0.508 e. The van der Waals surface area contributed by atoms with Crippen LogP contribution in [0.15, 0.2) is 22.7 Å². The van der Waals surface area contributed by atoms with Crippen LogP contribution < -0.4 is 5.32 Å². The molecule has 3 unspecified atom stereocenters. The number of phenolic OH excluding ortho intramolecular Hbond substituents is 1. The molecule has 1 aliphatic carbocycles. The molecule has 0 heterocycles. The van der Waals surface area contributed by atoms with Crippen LogP contribution in [-0.2, 0) is 0 Å². The van der Waals surface area contributed by atoms with Crippen molar-refractivity contribution in [3.05, 3.63) is 28.2 Å². The summed E-state index contributed by atoms with van der Waals surface area (Å²) in [6.45, 7) is 4.33. The first-order valence-corrected chi connectivity index (χ1v) is 6.11. The second-order valence-electron chi connectivity index (χ2n) is 4.41. The van der Waals surface area contributed by atoms with Crippen LogP contribution in [0.2, 0.25) is 0 Å². The normalized spacial score (nSPS) is 26.3. The van der Waals surface area contributed by atoms with Gasteiger partial charge in [-0.15, -0.1) is 0 Å². The van der Waals surface area contributed by atoms with E-state index in [9.17, 15) is 5.11 Å². The van der Waals surface area contributed by atoms with Crippen LogP contribution in [0.4, 0.5) is 0 Å². The van der Waals surface area contributed by atoms with Crippen LogP contribution in [0.1, 0.15) is 31.9 Å². The number of aromatic hydroxyl groups is 1. The minimum Gasteiger partial charge on any atom is -0.508 e. The van der Waals surface area contributed by atoms with Gasteiger partial charge in [0.1, 0.15) is 5.75 Å². The molecule has 0 aliphatic heterocycles. The van der Waals surface area contributed by atoms with Crippen molar-refractivity contribution in [1.29, 1.82) is 0 Å². The first-order chi connectivity index (χ1) is 7.08. The van der Waals surface area contributed by atoms with Gasteiger partial charge in [0.15, 0.2) is 0 Å². The average Bonchev–Trinajstić information content (AvgIpc) is 2.86. The number of hydrogen-bond acceptors (Lipinski definition) is 2. The summed E-state index contributed by atoms with van der Waals surface area (Å²) >= 11 is 3.42. The molecule has 82 valence electrons. The zero-order valence-corrected chi connectivity index (χ0v) is 10.6. The summed E-state index contributed by atoms with van der Waals surface area (Å²) < 4.78 is 1.01. The van der Waals surface area contributed by atoms with Crippen molar-refractivity contribution in [2.75, 3.05) is 0 Å². The summed E-state index contributed by atoms with van der Waals surface area (Å²) in [7, 11) is 0. The van der Waals surface area contributed by atoms with Crippen LogP contribution in [0.25, 0.3) is 0 Å². The number of hydrogen-bond donors (Lipinski definition) is 2. The standard InChI is InChI=1S/C12H16BrNO/c1-7-5-11(7)14-8(2)10-6-9(13)3-4-12(10)15/h3-4,6-8,11,14-15H,5H2,1-2H3. The van der Waals surface area contributed by atoms with Crippen molar-refractivity contribution in [1.82, 2.24) is 5.32 Å². The first-order valence-electron chi connectivity index (χ1n) is 5.32. The molecule has 2 N–H and O–H groups in total. The third-order valence-corrected chi connectivity index (χ3v) is 3.52. The van der Waals surface area contributed by atoms with E-state index in [-0.39, 0.29) is 6.04 Å². The third-order valence-electron chi connectivity index (χ3n) is 3.03. The monoisotopic (exact) mass is 269 g/mol.